The van der Waals surface area contributed by atoms with Gasteiger partial charge in [-0.25, -0.2) is 4.39 Å². The highest BCUT2D eigenvalue weighted by molar-refractivity contribution is 6.45. The normalized spacial score (nSPS) is 18.2. The third-order valence-electron chi connectivity index (χ3n) is 4.68. The molecule has 1 aliphatic rings. The third kappa shape index (κ3) is 3.74. The molecule has 2 heterocycles. The molecule has 0 aliphatic carbocycles. The number of hydrogen-bond acceptors (Lipinski definition) is 3. The Bertz CT molecular complexity index is 784. The summed E-state index contributed by atoms with van der Waals surface area (Å²) in [5.41, 5.74) is 1.37. The SMILES string of the molecule is CC(C)n1cc(C(=O)C(=O)NCCN2CCC(F)C2)c2ccccc21. The number of halogens is 1. The van der Waals surface area contributed by atoms with Crippen LogP contribution in [-0.4, -0.2) is 53.5 Å². The molecule has 1 atom stereocenters. The molecular weight excluding hydrogens is 321 g/mol. The average molecular weight is 345 g/mol. The maximum absolute atomic E-state index is 13.1. The molecule has 1 aromatic carbocycles. The van der Waals surface area contributed by atoms with Crippen LogP contribution in [-0.2, 0) is 4.79 Å². The summed E-state index contributed by atoms with van der Waals surface area (Å²) in [6, 6.07) is 7.79. The highest BCUT2D eigenvalue weighted by atomic mass is 19.1. The first-order valence-corrected chi connectivity index (χ1v) is 8.76. The molecule has 1 N–H and O–H groups in total. The van der Waals surface area contributed by atoms with Gasteiger partial charge in [0, 0.05) is 49.3 Å². The van der Waals surface area contributed by atoms with E-state index in [1.165, 1.54) is 0 Å². The molecule has 1 aliphatic heterocycles. The molecule has 1 unspecified atom stereocenters. The lowest BCUT2D eigenvalue weighted by atomic mass is 10.1. The minimum atomic E-state index is -0.778. The zero-order chi connectivity index (χ0) is 18.0. The smallest absolute Gasteiger partial charge is 0.292 e. The Morgan fingerprint density at radius 1 is 1.32 bits per heavy atom. The summed E-state index contributed by atoms with van der Waals surface area (Å²) < 4.78 is 15.1. The number of para-hydroxylation sites is 1. The number of carbonyl (C=O) groups is 2. The minimum Gasteiger partial charge on any atom is -0.348 e. The second-order valence-corrected chi connectivity index (χ2v) is 6.83. The second-order valence-electron chi connectivity index (χ2n) is 6.83. The number of Topliss-reactive ketones (excluding diaryl/α,β-unsaturated/α-hetero) is 1. The maximum Gasteiger partial charge on any atom is 0.292 e. The summed E-state index contributed by atoms with van der Waals surface area (Å²) in [5.74, 6) is -1.14. The Morgan fingerprint density at radius 3 is 2.76 bits per heavy atom. The van der Waals surface area contributed by atoms with Crippen molar-refractivity contribution in [2.24, 2.45) is 0 Å². The van der Waals surface area contributed by atoms with E-state index in [1.807, 2.05) is 47.6 Å². The number of likely N-dealkylation sites (tertiary alicyclic amines) is 1. The van der Waals surface area contributed by atoms with Gasteiger partial charge in [0.1, 0.15) is 6.17 Å². The van der Waals surface area contributed by atoms with Crippen LogP contribution in [0.5, 0.6) is 0 Å². The van der Waals surface area contributed by atoms with Gasteiger partial charge in [0.25, 0.3) is 11.7 Å². The van der Waals surface area contributed by atoms with Crippen molar-refractivity contribution in [2.45, 2.75) is 32.5 Å². The lowest BCUT2D eigenvalue weighted by molar-refractivity contribution is -0.117. The molecule has 0 radical (unpaired) electrons. The Labute approximate surface area is 146 Å². The van der Waals surface area contributed by atoms with Crippen molar-refractivity contribution >= 4 is 22.6 Å². The van der Waals surface area contributed by atoms with Crippen LogP contribution < -0.4 is 5.32 Å². The van der Waals surface area contributed by atoms with Crippen molar-refractivity contribution < 1.29 is 14.0 Å². The van der Waals surface area contributed by atoms with Crippen molar-refractivity contribution in [3.05, 3.63) is 36.0 Å². The number of alkyl halides is 1. The fourth-order valence-corrected chi connectivity index (χ4v) is 3.33. The largest absolute Gasteiger partial charge is 0.348 e. The Hall–Kier alpha value is -2.21. The number of rotatable bonds is 6. The molecule has 1 fully saturated rings. The van der Waals surface area contributed by atoms with Gasteiger partial charge in [-0.15, -0.1) is 0 Å². The lowest BCUT2D eigenvalue weighted by Gasteiger charge is -2.14. The lowest BCUT2D eigenvalue weighted by Crippen LogP contribution is -2.37. The summed E-state index contributed by atoms with van der Waals surface area (Å²) in [5, 5.41) is 3.45. The fourth-order valence-electron chi connectivity index (χ4n) is 3.33. The van der Waals surface area contributed by atoms with E-state index in [0.29, 0.717) is 38.2 Å². The number of nitrogens with zero attached hydrogens (tertiary/aromatic N) is 2. The molecular formula is C19H24FN3O2. The van der Waals surface area contributed by atoms with Gasteiger partial charge in [-0.05, 0) is 26.3 Å². The van der Waals surface area contributed by atoms with Gasteiger partial charge in [0.15, 0.2) is 0 Å². The van der Waals surface area contributed by atoms with E-state index in [2.05, 4.69) is 5.32 Å². The molecule has 2 aromatic rings. The molecule has 25 heavy (non-hydrogen) atoms. The zero-order valence-electron chi connectivity index (χ0n) is 14.7. The topological polar surface area (TPSA) is 54.3 Å². The summed E-state index contributed by atoms with van der Waals surface area (Å²) in [6.45, 7) is 6.09. The molecule has 3 rings (SSSR count). The quantitative estimate of drug-likeness (QED) is 0.647. The number of hydrogen-bond donors (Lipinski definition) is 1. The summed E-state index contributed by atoms with van der Waals surface area (Å²) in [6.07, 6.45) is 1.52. The molecule has 0 spiro atoms. The van der Waals surface area contributed by atoms with Gasteiger partial charge < -0.3 is 9.88 Å². The summed E-state index contributed by atoms with van der Waals surface area (Å²) in [7, 11) is 0. The van der Waals surface area contributed by atoms with Gasteiger partial charge >= 0.3 is 0 Å². The number of carbonyl (C=O) groups excluding carboxylic acids is 2. The Kier molecular flexibility index (Phi) is 5.18. The van der Waals surface area contributed by atoms with E-state index in [4.69, 9.17) is 0 Å². The van der Waals surface area contributed by atoms with Gasteiger partial charge in [-0.1, -0.05) is 18.2 Å². The van der Waals surface area contributed by atoms with Crippen LogP contribution in [0, 0.1) is 0 Å². The number of aromatic nitrogens is 1. The highest BCUT2D eigenvalue weighted by Crippen LogP contribution is 2.25. The monoisotopic (exact) mass is 345 g/mol. The average Bonchev–Trinajstić information content (AvgIpc) is 3.18. The van der Waals surface area contributed by atoms with Crippen LogP contribution in [0.2, 0.25) is 0 Å². The van der Waals surface area contributed by atoms with Crippen molar-refractivity contribution in [3.63, 3.8) is 0 Å². The van der Waals surface area contributed by atoms with Crippen LogP contribution in [0.3, 0.4) is 0 Å². The predicted molar refractivity (Wildman–Crippen MR) is 95.6 cm³/mol. The summed E-state index contributed by atoms with van der Waals surface area (Å²) in [4.78, 5) is 26.8. The number of amides is 1. The van der Waals surface area contributed by atoms with Crippen LogP contribution in [0.4, 0.5) is 4.39 Å². The molecule has 1 amide bonds. The van der Waals surface area contributed by atoms with Gasteiger partial charge in [-0.3, -0.25) is 14.5 Å². The number of benzene rings is 1. The molecule has 1 saturated heterocycles. The van der Waals surface area contributed by atoms with E-state index >= 15 is 0 Å². The number of ketones is 1. The van der Waals surface area contributed by atoms with Gasteiger partial charge in [0.05, 0.1) is 5.56 Å². The zero-order valence-corrected chi connectivity index (χ0v) is 14.7. The molecule has 0 bridgehead atoms. The van der Waals surface area contributed by atoms with Gasteiger partial charge in [0.2, 0.25) is 0 Å². The molecule has 6 heteroatoms. The Morgan fingerprint density at radius 2 is 2.08 bits per heavy atom. The fraction of sp³-hybridized carbons (Fsp3) is 0.474. The Balaban J connectivity index is 1.68. The predicted octanol–water partition coefficient (Wildman–Crippen LogP) is 2.56. The van der Waals surface area contributed by atoms with Crippen molar-refractivity contribution in [3.8, 4) is 0 Å². The molecule has 5 nitrogen and oxygen atoms in total. The summed E-state index contributed by atoms with van der Waals surface area (Å²) >= 11 is 0. The first kappa shape index (κ1) is 17.6. The van der Waals surface area contributed by atoms with Crippen LogP contribution >= 0.6 is 0 Å². The second kappa shape index (κ2) is 7.35. The first-order chi connectivity index (χ1) is 12.0. The van der Waals surface area contributed by atoms with E-state index in [9.17, 15) is 14.0 Å². The number of fused-ring (bicyclic) bond motifs is 1. The van der Waals surface area contributed by atoms with E-state index in [-0.39, 0.29) is 6.04 Å². The maximum atomic E-state index is 13.1. The van der Waals surface area contributed by atoms with Crippen molar-refractivity contribution in [1.82, 2.24) is 14.8 Å². The van der Waals surface area contributed by atoms with Crippen LogP contribution in [0.25, 0.3) is 10.9 Å². The molecule has 0 saturated carbocycles. The van der Waals surface area contributed by atoms with E-state index < -0.39 is 17.9 Å². The third-order valence-corrected chi connectivity index (χ3v) is 4.68. The molecule has 134 valence electrons. The first-order valence-electron chi connectivity index (χ1n) is 8.76. The standard InChI is InChI=1S/C19H24FN3O2/c1-13(2)23-12-16(15-5-3-4-6-17(15)23)18(24)19(25)21-8-10-22-9-7-14(20)11-22/h3-6,12-14H,7-11H2,1-2H3,(H,21,25). The number of nitrogens with one attached hydrogen (secondary N) is 1. The van der Waals surface area contributed by atoms with Crippen molar-refractivity contribution in [1.29, 1.82) is 0 Å². The van der Waals surface area contributed by atoms with Crippen molar-refractivity contribution in [2.75, 3.05) is 26.2 Å². The van der Waals surface area contributed by atoms with Crippen LogP contribution in [0.15, 0.2) is 30.5 Å². The van der Waals surface area contributed by atoms with Gasteiger partial charge in [-0.2, -0.15) is 0 Å². The minimum absolute atomic E-state index is 0.193. The van der Waals surface area contributed by atoms with E-state index in [0.717, 1.165) is 10.9 Å². The van der Waals surface area contributed by atoms with Crippen LogP contribution in [0.1, 0.15) is 36.7 Å². The van der Waals surface area contributed by atoms with E-state index in [1.54, 1.807) is 6.20 Å². The highest BCUT2D eigenvalue weighted by Gasteiger charge is 2.24. The molecule has 1 aromatic heterocycles.